The lowest BCUT2D eigenvalue weighted by atomic mass is 9.82. The molecule has 6 heteroatoms. The van der Waals surface area contributed by atoms with Crippen molar-refractivity contribution in [3.8, 4) is 5.75 Å². The van der Waals surface area contributed by atoms with E-state index in [9.17, 15) is 9.59 Å². The van der Waals surface area contributed by atoms with Crippen LogP contribution in [0.5, 0.6) is 5.75 Å². The van der Waals surface area contributed by atoms with Crippen LogP contribution in [0.2, 0.25) is 0 Å². The summed E-state index contributed by atoms with van der Waals surface area (Å²) in [4.78, 5) is 27.2. The number of fused-ring (bicyclic) bond motifs is 1. The van der Waals surface area contributed by atoms with Crippen molar-refractivity contribution >= 4 is 11.8 Å². The first-order valence-corrected chi connectivity index (χ1v) is 13.3. The summed E-state index contributed by atoms with van der Waals surface area (Å²) in [7, 11) is 0. The maximum absolute atomic E-state index is 13.0. The summed E-state index contributed by atoms with van der Waals surface area (Å²) in [5.41, 5.74) is 2.38. The number of hydrogen-bond donors (Lipinski definition) is 2. The molecule has 184 valence electrons. The van der Waals surface area contributed by atoms with Gasteiger partial charge in [0, 0.05) is 23.8 Å². The van der Waals surface area contributed by atoms with Crippen molar-refractivity contribution < 1.29 is 14.3 Å². The first-order chi connectivity index (χ1) is 16.5. The van der Waals surface area contributed by atoms with Crippen molar-refractivity contribution in [2.24, 2.45) is 11.8 Å². The number of carbonyl (C=O) groups excluding carboxylic acids is 2. The van der Waals surface area contributed by atoms with E-state index in [0.29, 0.717) is 31.0 Å². The topological polar surface area (TPSA) is 70.7 Å². The minimum Gasteiger partial charge on any atom is -0.489 e. The predicted molar refractivity (Wildman–Crippen MR) is 132 cm³/mol. The Morgan fingerprint density at radius 2 is 1.88 bits per heavy atom. The van der Waals surface area contributed by atoms with Gasteiger partial charge in [-0.1, -0.05) is 32.8 Å². The van der Waals surface area contributed by atoms with Gasteiger partial charge in [0.25, 0.3) is 5.91 Å². The molecule has 1 aromatic carbocycles. The van der Waals surface area contributed by atoms with Gasteiger partial charge in [0.2, 0.25) is 5.91 Å². The molecule has 4 aliphatic rings. The van der Waals surface area contributed by atoms with E-state index >= 15 is 0 Å². The molecular weight excluding hydrogens is 426 g/mol. The highest BCUT2D eigenvalue weighted by Crippen LogP contribution is 2.33. The Balaban J connectivity index is 1.21. The molecule has 5 rings (SSSR count). The SMILES string of the molecule is C=C1CCC(N2Cc3cc(O[C@H]4CCCC[C@@H]4NCC4CCC(C)CC4)ccc3C2=O)C(=O)N1. The maximum Gasteiger partial charge on any atom is 0.255 e. The van der Waals surface area contributed by atoms with Crippen LogP contribution in [0.1, 0.15) is 87.1 Å². The highest BCUT2D eigenvalue weighted by Gasteiger charge is 2.38. The van der Waals surface area contributed by atoms with Gasteiger partial charge in [0.15, 0.2) is 0 Å². The number of carbonyl (C=O) groups is 2. The van der Waals surface area contributed by atoms with Gasteiger partial charge in [-0.15, -0.1) is 0 Å². The Hall–Kier alpha value is -2.34. The fourth-order valence-corrected chi connectivity index (χ4v) is 6.20. The average Bonchev–Trinajstić information content (AvgIpc) is 3.15. The van der Waals surface area contributed by atoms with Crippen molar-refractivity contribution in [3.63, 3.8) is 0 Å². The van der Waals surface area contributed by atoms with E-state index in [2.05, 4.69) is 24.1 Å². The van der Waals surface area contributed by atoms with E-state index < -0.39 is 6.04 Å². The summed E-state index contributed by atoms with van der Waals surface area (Å²) in [6.07, 6.45) is 11.6. The predicted octanol–water partition coefficient (Wildman–Crippen LogP) is 4.54. The number of amides is 2. The van der Waals surface area contributed by atoms with Crippen molar-refractivity contribution in [2.45, 2.75) is 95.9 Å². The fourth-order valence-electron chi connectivity index (χ4n) is 6.20. The van der Waals surface area contributed by atoms with Crippen LogP contribution in [-0.2, 0) is 11.3 Å². The number of nitrogens with zero attached hydrogens (tertiary/aromatic N) is 1. The molecule has 1 unspecified atom stereocenters. The van der Waals surface area contributed by atoms with Crippen LogP contribution in [0.25, 0.3) is 0 Å². The van der Waals surface area contributed by atoms with Gasteiger partial charge in [0.1, 0.15) is 17.9 Å². The molecule has 3 atom stereocenters. The second kappa shape index (κ2) is 10.1. The molecule has 6 nitrogen and oxygen atoms in total. The van der Waals surface area contributed by atoms with E-state index in [1.54, 1.807) is 4.90 Å². The monoisotopic (exact) mass is 465 g/mol. The van der Waals surface area contributed by atoms with E-state index in [0.717, 1.165) is 48.2 Å². The third-order valence-electron chi connectivity index (χ3n) is 8.40. The Morgan fingerprint density at radius 1 is 1.09 bits per heavy atom. The van der Waals surface area contributed by atoms with Crippen molar-refractivity contribution in [2.75, 3.05) is 6.54 Å². The first-order valence-electron chi connectivity index (χ1n) is 13.3. The van der Waals surface area contributed by atoms with Gasteiger partial charge in [-0.2, -0.15) is 0 Å². The van der Waals surface area contributed by atoms with Crippen molar-refractivity contribution in [1.82, 2.24) is 15.5 Å². The van der Waals surface area contributed by atoms with Crippen LogP contribution >= 0.6 is 0 Å². The molecule has 2 amide bonds. The Kier molecular flexibility index (Phi) is 6.96. The van der Waals surface area contributed by atoms with Gasteiger partial charge in [-0.05, 0) is 87.1 Å². The third-order valence-corrected chi connectivity index (χ3v) is 8.40. The van der Waals surface area contributed by atoms with Gasteiger partial charge >= 0.3 is 0 Å². The van der Waals surface area contributed by atoms with E-state index in [1.807, 2.05) is 18.2 Å². The molecule has 2 heterocycles. The molecule has 0 radical (unpaired) electrons. The fraction of sp³-hybridized carbons (Fsp3) is 0.643. The number of piperidine rings is 1. The summed E-state index contributed by atoms with van der Waals surface area (Å²) < 4.78 is 6.52. The molecule has 0 spiro atoms. The highest BCUT2D eigenvalue weighted by molar-refractivity contribution is 6.01. The standard InChI is InChI=1S/C28H39N3O3/c1-18-7-10-20(11-8-18)16-29-24-5-3-4-6-26(24)34-22-12-13-23-21(15-22)17-31(28(23)33)25-14-9-19(2)30-27(25)32/h12-13,15,18,20,24-26,29H,2-11,14,16-17H2,1H3,(H,30,32)/t18?,20?,24-,25?,26-/m0/s1. The molecule has 0 aromatic heterocycles. The molecule has 1 saturated heterocycles. The van der Waals surface area contributed by atoms with Crippen LogP contribution < -0.4 is 15.4 Å². The Bertz CT molecular complexity index is 937. The zero-order chi connectivity index (χ0) is 23.7. The summed E-state index contributed by atoms with van der Waals surface area (Å²) in [5, 5.41) is 6.66. The van der Waals surface area contributed by atoms with Crippen LogP contribution in [0.15, 0.2) is 30.5 Å². The van der Waals surface area contributed by atoms with Gasteiger partial charge in [-0.25, -0.2) is 0 Å². The highest BCUT2D eigenvalue weighted by atomic mass is 16.5. The Labute approximate surface area is 203 Å². The first kappa shape index (κ1) is 23.4. The molecular formula is C28H39N3O3. The zero-order valence-corrected chi connectivity index (χ0v) is 20.5. The van der Waals surface area contributed by atoms with Gasteiger partial charge < -0.3 is 20.3 Å². The van der Waals surface area contributed by atoms with Gasteiger partial charge in [-0.3, -0.25) is 9.59 Å². The summed E-state index contributed by atoms with van der Waals surface area (Å²) in [6.45, 7) is 7.78. The number of rotatable bonds is 6. The van der Waals surface area contributed by atoms with Crippen LogP contribution in [0, 0.1) is 11.8 Å². The Morgan fingerprint density at radius 3 is 2.68 bits per heavy atom. The second-order valence-electron chi connectivity index (χ2n) is 11.0. The van der Waals surface area contributed by atoms with Crippen molar-refractivity contribution in [1.29, 1.82) is 0 Å². The van der Waals surface area contributed by atoms with Gasteiger partial charge in [0.05, 0.1) is 0 Å². The number of benzene rings is 1. The van der Waals surface area contributed by atoms with E-state index in [-0.39, 0.29) is 17.9 Å². The molecule has 2 aliphatic carbocycles. The molecule has 3 fully saturated rings. The second-order valence-corrected chi connectivity index (χ2v) is 11.0. The molecule has 34 heavy (non-hydrogen) atoms. The number of ether oxygens (including phenoxy) is 1. The molecule has 0 bridgehead atoms. The maximum atomic E-state index is 13.0. The molecule has 1 aromatic rings. The smallest absolute Gasteiger partial charge is 0.255 e. The largest absolute Gasteiger partial charge is 0.489 e. The number of allylic oxidation sites excluding steroid dienone is 1. The van der Waals surface area contributed by atoms with E-state index in [4.69, 9.17) is 4.74 Å². The average molecular weight is 466 g/mol. The molecule has 2 saturated carbocycles. The lowest BCUT2D eigenvalue weighted by Gasteiger charge is -2.35. The zero-order valence-electron chi connectivity index (χ0n) is 20.5. The number of hydrogen-bond acceptors (Lipinski definition) is 4. The summed E-state index contributed by atoms with van der Waals surface area (Å²) in [5.74, 6) is 2.33. The number of nitrogens with one attached hydrogen (secondary N) is 2. The minimum atomic E-state index is -0.426. The lowest BCUT2D eigenvalue weighted by Crippen LogP contribution is -2.49. The quantitative estimate of drug-likeness (QED) is 0.647. The summed E-state index contributed by atoms with van der Waals surface area (Å²) in [6, 6.07) is 5.78. The van der Waals surface area contributed by atoms with Crippen LogP contribution in [0.4, 0.5) is 0 Å². The van der Waals surface area contributed by atoms with Crippen LogP contribution in [0.3, 0.4) is 0 Å². The summed E-state index contributed by atoms with van der Waals surface area (Å²) >= 11 is 0. The van der Waals surface area contributed by atoms with Crippen LogP contribution in [-0.4, -0.2) is 41.4 Å². The molecule has 2 aliphatic heterocycles. The minimum absolute atomic E-state index is 0.0618. The van der Waals surface area contributed by atoms with Crippen molar-refractivity contribution in [3.05, 3.63) is 41.6 Å². The molecule has 2 N–H and O–H groups in total. The lowest BCUT2D eigenvalue weighted by molar-refractivity contribution is -0.126. The third kappa shape index (κ3) is 5.02. The normalized spacial score (nSPS) is 31.9. The van der Waals surface area contributed by atoms with E-state index in [1.165, 1.54) is 38.5 Å².